The summed E-state index contributed by atoms with van der Waals surface area (Å²) in [4.78, 5) is 2.35. The fourth-order valence-corrected chi connectivity index (χ4v) is 1.88. The van der Waals surface area contributed by atoms with Gasteiger partial charge in [0, 0.05) is 18.6 Å². The van der Waals surface area contributed by atoms with Gasteiger partial charge in [-0.15, -0.1) is 0 Å². The molecule has 1 unspecified atom stereocenters. The molecule has 0 bridgehead atoms. The van der Waals surface area contributed by atoms with Crippen molar-refractivity contribution in [3.05, 3.63) is 0 Å². The SMILES string of the molecule is CC(C)CNC1(CN)CCN(C)C1. The summed E-state index contributed by atoms with van der Waals surface area (Å²) in [5, 5.41) is 3.61. The van der Waals surface area contributed by atoms with Gasteiger partial charge in [-0.25, -0.2) is 0 Å². The molecule has 0 aliphatic carbocycles. The van der Waals surface area contributed by atoms with Gasteiger partial charge in [-0.1, -0.05) is 13.8 Å². The van der Waals surface area contributed by atoms with Gasteiger partial charge in [-0.3, -0.25) is 0 Å². The molecule has 1 heterocycles. The molecule has 0 aromatic carbocycles. The van der Waals surface area contributed by atoms with Crippen molar-refractivity contribution in [3.63, 3.8) is 0 Å². The first kappa shape index (κ1) is 11.0. The van der Waals surface area contributed by atoms with Gasteiger partial charge in [0.05, 0.1) is 0 Å². The van der Waals surface area contributed by atoms with E-state index in [0.717, 1.165) is 19.6 Å². The highest BCUT2D eigenvalue weighted by atomic mass is 15.2. The van der Waals surface area contributed by atoms with Gasteiger partial charge in [0.25, 0.3) is 0 Å². The lowest BCUT2D eigenvalue weighted by Gasteiger charge is -2.29. The highest BCUT2D eigenvalue weighted by molar-refractivity contribution is 4.97. The minimum absolute atomic E-state index is 0.193. The van der Waals surface area contributed by atoms with Gasteiger partial charge < -0.3 is 16.0 Å². The molecule has 1 atom stereocenters. The number of likely N-dealkylation sites (N-methyl/N-ethyl adjacent to an activating group) is 1. The summed E-state index contributed by atoms with van der Waals surface area (Å²) in [6.45, 7) is 8.55. The maximum absolute atomic E-state index is 5.83. The van der Waals surface area contributed by atoms with Gasteiger partial charge in [-0.05, 0) is 32.5 Å². The molecule has 0 saturated carbocycles. The fourth-order valence-electron chi connectivity index (χ4n) is 1.88. The average Bonchev–Trinajstić information content (AvgIpc) is 2.45. The van der Waals surface area contributed by atoms with Crippen LogP contribution in [0.25, 0.3) is 0 Å². The molecule has 0 radical (unpaired) electrons. The first-order chi connectivity index (χ1) is 6.08. The third-order valence-corrected chi connectivity index (χ3v) is 2.82. The molecule has 1 fully saturated rings. The van der Waals surface area contributed by atoms with E-state index < -0.39 is 0 Å². The topological polar surface area (TPSA) is 41.3 Å². The Morgan fingerprint density at radius 2 is 2.23 bits per heavy atom. The molecule has 1 saturated heterocycles. The highest BCUT2D eigenvalue weighted by Gasteiger charge is 2.34. The predicted octanol–water partition coefficient (Wildman–Crippen LogP) is 0.265. The molecule has 13 heavy (non-hydrogen) atoms. The van der Waals surface area contributed by atoms with Crippen LogP contribution in [0, 0.1) is 5.92 Å². The van der Waals surface area contributed by atoms with Crippen molar-refractivity contribution in [2.24, 2.45) is 11.7 Å². The summed E-state index contributed by atoms with van der Waals surface area (Å²) in [6.07, 6.45) is 1.19. The van der Waals surface area contributed by atoms with Gasteiger partial charge in [0.15, 0.2) is 0 Å². The van der Waals surface area contributed by atoms with Gasteiger partial charge in [0.1, 0.15) is 0 Å². The quantitative estimate of drug-likeness (QED) is 0.660. The van der Waals surface area contributed by atoms with E-state index in [1.807, 2.05) is 0 Å². The molecular formula is C10H23N3. The normalized spacial score (nSPS) is 30.2. The Morgan fingerprint density at radius 3 is 2.62 bits per heavy atom. The second-order valence-corrected chi connectivity index (χ2v) is 4.75. The van der Waals surface area contributed by atoms with Crippen molar-refractivity contribution < 1.29 is 0 Å². The fraction of sp³-hybridized carbons (Fsp3) is 1.00. The monoisotopic (exact) mass is 185 g/mol. The third-order valence-electron chi connectivity index (χ3n) is 2.82. The van der Waals surface area contributed by atoms with E-state index in [9.17, 15) is 0 Å². The number of nitrogens with zero attached hydrogens (tertiary/aromatic N) is 1. The molecule has 0 aromatic rings. The molecule has 1 aliphatic heterocycles. The lowest BCUT2D eigenvalue weighted by Crippen LogP contribution is -2.53. The zero-order valence-corrected chi connectivity index (χ0v) is 9.14. The maximum Gasteiger partial charge on any atom is 0.0444 e. The second-order valence-electron chi connectivity index (χ2n) is 4.75. The van der Waals surface area contributed by atoms with E-state index in [1.165, 1.54) is 13.0 Å². The molecule has 0 spiro atoms. The van der Waals surface area contributed by atoms with E-state index in [0.29, 0.717) is 5.92 Å². The molecule has 0 amide bonds. The lowest BCUT2D eigenvalue weighted by molar-refractivity contribution is 0.305. The molecule has 3 heteroatoms. The van der Waals surface area contributed by atoms with Crippen LogP contribution in [0.4, 0.5) is 0 Å². The lowest BCUT2D eigenvalue weighted by atomic mass is 9.98. The van der Waals surface area contributed by atoms with E-state index in [2.05, 4.69) is 31.1 Å². The van der Waals surface area contributed by atoms with E-state index in [1.54, 1.807) is 0 Å². The Labute approximate surface area is 81.7 Å². The van der Waals surface area contributed by atoms with Crippen LogP contribution in [0.15, 0.2) is 0 Å². The van der Waals surface area contributed by atoms with Crippen molar-refractivity contribution >= 4 is 0 Å². The summed E-state index contributed by atoms with van der Waals surface area (Å²) < 4.78 is 0. The number of hydrogen-bond donors (Lipinski definition) is 2. The number of hydrogen-bond acceptors (Lipinski definition) is 3. The highest BCUT2D eigenvalue weighted by Crippen LogP contribution is 2.18. The van der Waals surface area contributed by atoms with Crippen LogP contribution in [0.1, 0.15) is 20.3 Å². The average molecular weight is 185 g/mol. The molecule has 0 aromatic heterocycles. The summed E-state index contributed by atoms with van der Waals surface area (Å²) in [6, 6.07) is 0. The Morgan fingerprint density at radius 1 is 1.54 bits per heavy atom. The molecule has 78 valence electrons. The molecule has 3 N–H and O–H groups in total. The smallest absolute Gasteiger partial charge is 0.0444 e. The Bertz CT molecular complexity index is 158. The Kier molecular flexibility index (Phi) is 3.71. The number of rotatable bonds is 4. The maximum atomic E-state index is 5.83. The summed E-state index contributed by atoms with van der Waals surface area (Å²) in [7, 11) is 2.16. The van der Waals surface area contributed by atoms with Crippen molar-refractivity contribution in [2.45, 2.75) is 25.8 Å². The van der Waals surface area contributed by atoms with Crippen LogP contribution in [0.5, 0.6) is 0 Å². The van der Waals surface area contributed by atoms with E-state index >= 15 is 0 Å². The third kappa shape index (κ3) is 2.93. The zero-order valence-electron chi connectivity index (χ0n) is 9.14. The standard InChI is InChI=1S/C10H23N3/c1-9(2)6-12-10(7-11)4-5-13(3)8-10/h9,12H,4-8,11H2,1-3H3. The summed E-state index contributed by atoms with van der Waals surface area (Å²) in [5.41, 5.74) is 6.02. The first-order valence-corrected chi connectivity index (χ1v) is 5.22. The van der Waals surface area contributed by atoms with Crippen molar-refractivity contribution in [1.82, 2.24) is 10.2 Å². The van der Waals surface area contributed by atoms with Crippen LogP contribution in [-0.2, 0) is 0 Å². The zero-order chi connectivity index (χ0) is 9.90. The van der Waals surface area contributed by atoms with Gasteiger partial charge in [0.2, 0.25) is 0 Å². The van der Waals surface area contributed by atoms with Crippen LogP contribution in [0.3, 0.4) is 0 Å². The predicted molar refractivity (Wildman–Crippen MR) is 56.7 cm³/mol. The Balaban J connectivity index is 2.41. The van der Waals surface area contributed by atoms with Gasteiger partial charge >= 0.3 is 0 Å². The van der Waals surface area contributed by atoms with Crippen LogP contribution in [0.2, 0.25) is 0 Å². The number of nitrogens with two attached hydrogens (primary N) is 1. The minimum Gasteiger partial charge on any atom is -0.329 e. The Hall–Kier alpha value is -0.120. The molecule has 3 nitrogen and oxygen atoms in total. The minimum atomic E-state index is 0.193. The van der Waals surface area contributed by atoms with Crippen molar-refractivity contribution in [1.29, 1.82) is 0 Å². The van der Waals surface area contributed by atoms with Crippen LogP contribution < -0.4 is 11.1 Å². The van der Waals surface area contributed by atoms with Gasteiger partial charge in [-0.2, -0.15) is 0 Å². The summed E-state index contributed by atoms with van der Waals surface area (Å²) >= 11 is 0. The summed E-state index contributed by atoms with van der Waals surface area (Å²) in [5.74, 6) is 0.703. The molecule has 1 rings (SSSR count). The molecular weight excluding hydrogens is 162 g/mol. The van der Waals surface area contributed by atoms with E-state index in [-0.39, 0.29) is 5.54 Å². The first-order valence-electron chi connectivity index (χ1n) is 5.22. The molecule has 1 aliphatic rings. The van der Waals surface area contributed by atoms with Crippen molar-refractivity contribution in [3.8, 4) is 0 Å². The van der Waals surface area contributed by atoms with Crippen molar-refractivity contribution in [2.75, 3.05) is 33.2 Å². The number of nitrogens with one attached hydrogen (secondary N) is 1. The second kappa shape index (κ2) is 4.40. The van der Waals surface area contributed by atoms with Crippen LogP contribution in [-0.4, -0.2) is 43.7 Å². The van der Waals surface area contributed by atoms with Crippen LogP contribution >= 0.6 is 0 Å². The largest absolute Gasteiger partial charge is 0.329 e. The number of likely N-dealkylation sites (tertiary alicyclic amines) is 1. The van der Waals surface area contributed by atoms with E-state index in [4.69, 9.17) is 5.73 Å².